The first kappa shape index (κ1) is 13.7. The molecule has 0 heterocycles. The van der Waals surface area contributed by atoms with Gasteiger partial charge in [-0.3, -0.25) is 0 Å². The molecule has 0 aliphatic carbocycles. The van der Waals surface area contributed by atoms with E-state index >= 15 is 0 Å². The Labute approximate surface area is 121 Å². The van der Waals surface area contributed by atoms with Crippen molar-refractivity contribution in [1.82, 2.24) is 0 Å². The third-order valence-electron chi connectivity index (χ3n) is 2.70. The summed E-state index contributed by atoms with van der Waals surface area (Å²) in [7, 11) is 0. The predicted octanol–water partition coefficient (Wildman–Crippen LogP) is 4.93. The van der Waals surface area contributed by atoms with Crippen LogP contribution in [-0.4, -0.2) is 0 Å². The Morgan fingerprint density at radius 1 is 1.17 bits per heavy atom. The van der Waals surface area contributed by atoms with Crippen LogP contribution in [-0.2, 0) is 0 Å². The van der Waals surface area contributed by atoms with Crippen molar-refractivity contribution in [2.24, 2.45) is 5.73 Å². The molecule has 0 aliphatic heterocycles. The maximum atomic E-state index is 5.88. The summed E-state index contributed by atoms with van der Waals surface area (Å²) >= 11 is 5.38. The second kappa shape index (κ2) is 5.91. The number of halogens is 1. The van der Waals surface area contributed by atoms with Crippen LogP contribution in [0.2, 0.25) is 0 Å². The molecule has 94 valence electrons. The van der Waals surface area contributed by atoms with Crippen LogP contribution in [0.4, 0.5) is 0 Å². The maximum Gasteiger partial charge on any atom is 0.0318 e. The molecule has 18 heavy (non-hydrogen) atoms. The van der Waals surface area contributed by atoms with Gasteiger partial charge in [-0.05, 0) is 59.6 Å². The van der Waals surface area contributed by atoms with Gasteiger partial charge in [-0.1, -0.05) is 35.5 Å². The van der Waals surface area contributed by atoms with E-state index < -0.39 is 0 Å². The molecule has 0 aromatic heterocycles. The monoisotopic (exact) mass is 321 g/mol. The van der Waals surface area contributed by atoms with Gasteiger partial charge in [0.15, 0.2) is 0 Å². The zero-order chi connectivity index (χ0) is 13.1. The highest BCUT2D eigenvalue weighted by molar-refractivity contribution is 9.10. The summed E-state index contributed by atoms with van der Waals surface area (Å²) in [6.07, 6.45) is 0. The highest BCUT2D eigenvalue weighted by Gasteiger charge is 2.06. The third kappa shape index (κ3) is 3.37. The fraction of sp³-hybridized carbons (Fsp3) is 0.200. The minimum Gasteiger partial charge on any atom is -0.324 e. The van der Waals surface area contributed by atoms with Crippen LogP contribution in [0.15, 0.2) is 56.7 Å². The van der Waals surface area contributed by atoms with Crippen LogP contribution < -0.4 is 5.73 Å². The van der Waals surface area contributed by atoms with Crippen molar-refractivity contribution in [3.63, 3.8) is 0 Å². The van der Waals surface area contributed by atoms with Gasteiger partial charge < -0.3 is 5.73 Å². The van der Waals surface area contributed by atoms with Crippen LogP contribution >= 0.6 is 27.7 Å². The molecule has 0 amide bonds. The van der Waals surface area contributed by atoms with Gasteiger partial charge in [0, 0.05) is 20.3 Å². The molecular formula is C15H16BrNS. The third-order valence-corrected chi connectivity index (χ3v) is 4.68. The van der Waals surface area contributed by atoms with Gasteiger partial charge in [0.1, 0.15) is 0 Å². The molecule has 0 unspecified atom stereocenters. The van der Waals surface area contributed by atoms with E-state index in [9.17, 15) is 0 Å². The summed E-state index contributed by atoms with van der Waals surface area (Å²) in [5, 5.41) is 0. The summed E-state index contributed by atoms with van der Waals surface area (Å²) in [4.78, 5) is 2.47. The number of hydrogen-bond acceptors (Lipinski definition) is 2. The smallest absolute Gasteiger partial charge is 0.0318 e. The van der Waals surface area contributed by atoms with Crippen molar-refractivity contribution in [3.05, 3.63) is 58.1 Å². The van der Waals surface area contributed by atoms with Crippen LogP contribution in [0.25, 0.3) is 0 Å². The largest absolute Gasteiger partial charge is 0.324 e. The molecule has 1 nitrogen and oxygen atoms in total. The molecule has 0 radical (unpaired) electrons. The van der Waals surface area contributed by atoms with E-state index in [1.54, 1.807) is 11.8 Å². The first-order valence-corrected chi connectivity index (χ1v) is 7.47. The zero-order valence-electron chi connectivity index (χ0n) is 10.5. The fourth-order valence-corrected chi connectivity index (χ4v) is 3.27. The molecule has 2 aromatic rings. The van der Waals surface area contributed by atoms with E-state index in [1.807, 2.05) is 6.92 Å². The second-order valence-electron chi connectivity index (χ2n) is 4.40. The van der Waals surface area contributed by atoms with Crippen molar-refractivity contribution in [3.8, 4) is 0 Å². The standard InChI is InChI=1S/C15H16BrNS/c1-10-4-3-5-13(8-10)18-15-7-6-12(11(2)17)9-14(15)16/h3-9,11H,17H2,1-2H3/t11-/m1/s1. The van der Waals surface area contributed by atoms with Gasteiger partial charge in [-0.15, -0.1) is 0 Å². The Morgan fingerprint density at radius 3 is 2.56 bits per heavy atom. The highest BCUT2D eigenvalue weighted by Crippen LogP contribution is 2.34. The van der Waals surface area contributed by atoms with E-state index in [0.29, 0.717) is 0 Å². The molecular weight excluding hydrogens is 306 g/mol. The summed E-state index contributed by atoms with van der Waals surface area (Å²) in [6.45, 7) is 4.10. The van der Waals surface area contributed by atoms with E-state index in [-0.39, 0.29) is 6.04 Å². The lowest BCUT2D eigenvalue weighted by atomic mass is 10.1. The van der Waals surface area contributed by atoms with E-state index in [4.69, 9.17) is 5.73 Å². The van der Waals surface area contributed by atoms with Crippen molar-refractivity contribution < 1.29 is 0 Å². The van der Waals surface area contributed by atoms with Crippen LogP contribution in [0.5, 0.6) is 0 Å². The number of benzene rings is 2. The zero-order valence-corrected chi connectivity index (χ0v) is 12.9. The first-order chi connectivity index (χ1) is 8.56. The Bertz CT molecular complexity index is 552. The van der Waals surface area contributed by atoms with Gasteiger partial charge >= 0.3 is 0 Å². The number of aryl methyl sites for hydroxylation is 1. The van der Waals surface area contributed by atoms with Gasteiger partial charge in [0.25, 0.3) is 0 Å². The molecule has 0 aliphatic rings. The van der Waals surface area contributed by atoms with Crippen LogP contribution in [0.3, 0.4) is 0 Å². The van der Waals surface area contributed by atoms with Crippen molar-refractivity contribution in [1.29, 1.82) is 0 Å². The van der Waals surface area contributed by atoms with Crippen molar-refractivity contribution >= 4 is 27.7 Å². The normalized spacial score (nSPS) is 12.4. The minimum atomic E-state index is 0.0688. The molecule has 0 saturated carbocycles. The molecule has 0 spiro atoms. The quantitative estimate of drug-likeness (QED) is 0.867. The van der Waals surface area contributed by atoms with Crippen molar-refractivity contribution in [2.75, 3.05) is 0 Å². The summed E-state index contributed by atoms with van der Waals surface area (Å²) in [5.74, 6) is 0. The average molecular weight is 322 g/mol. The maximum absolute atomic E-state index is 5.88. The van der Waals surface area contributed by atoms with E-state index in [2.05, 4.69) is 65.3 Å². The van der Waals surface area contributed by atoms with Gasteiger partial charge in [0.2, 0.25) is 0 Å². The van der Waals surface area contributed by atoms with Gasteiger partial charge in [-0.2, -0.15) is 0 Å². The van der Waals surface area contributed by atoms with Crippen LogP contribution in [0, 0.1) is 6.92 Å². The Hall–Kier alpha value is -0.770. The second-order valence-corrected chi connectivity index (χ2v) is 6.37. The number of rotatable bonds is 3. The Balaban J connectivity index is 2.24. The molecule has 2 aromatic carbocycles. The molecule has 0 fully saturated rings. The summed E-state index contributed by atoms with van der Waals surface area (Å²) < 4.78 is 1.10. The van der Waals surface area contributed by atoms with Gasteiger partial charge in [0.05, 0.1) is 0 Å². The molecule has 2 N–H and O–H groups in total. The average Bonchev–Trinajstić information content (AvgIpc) is 2.31. The van der Waals surface area contributed by atoms with Crippen molar-refractivity contribution in [2.45, 2.75) is 29.7 Å². The fourth-order valence-electron chi connectivity index (χ4n) is 1.69. The SMILES string of the molecule is Cc1cccc(Sc2ccc([C@@H](C)N)cc2Br)c1. The summed E-state index contributed by atoms with van der Waals surface area (Å²) in [5.41, 5.74) is 8.31. The molecule has 3 heteroatoms. The van der Waals surface area contributed by atoms with E-state index in [1.165, 1.54) is 15.4 Å². The molecule has 0 saturated heterocycles. The lowest BCUT2D eigenvalue weighted by molar-refractivity contribution is 0.815. The topological polar surface area (TPSA) is 26.0 Å². The number of hydrogen-bond donors (Lipinski definition) is 1. The van der Waals surface area contributed by atoms with Crippen LogP contribution in [0.1, 0.15) is 24.1 Å². The molecule has 0 bridgehead atoms. The summed E-state index contributed by atoms with van der Waals surface area (Å²) in [6, 6.07) is 14.9. The Kier molecular flexibility index (Phi) is 4.49. The molecule has 2 rings (SSSR count). The lowest BCUT2D eigenvalue weighted by Crippen LogP contribution is -2.04. The Morgan fingerprint density at radius 2 is 1.94 bits per heavy atom. The highest BCUT2D eigenvalue weighted by atomic mass is 79.9. The van der Waals surface area contributed by atoms with Gasteiger partial charge in [-0.25, -0.2) is 0 Å². The minimum absolute atomic E-state index is 0.0688. The molecule has 1 atom stereocenters. The predicted molar refractivity (Wildman–Crippen MR) is 82.0 cm³/mol. The number of nitrogens with two attached hydrogens (primary N) is 1. The van der Waals surface area contributed by atoms with E-state index in [0.717, 1.165) is 10.0 Å². The lowest BCUT2D eigenvalue weighted by Gasteiger charge is -2.10. The first-order valence-electron chi connectivity index (χ1n) is 5.86.